The maximum atomic E-state index is 13.4. The SMILES string of the molecule is COC(=O)NC(C)(C)C(=O)N1CCC[C@H]1c1ncc(-c2ccc(-c3ccc(-c4cnc([C@@H]5CCCN5C(=O)C(C)(C)NC(=O)O)[nH]4)cc3)cc2)[nH]1. The van der Waals surface area contributed by atoms with Crippen molar-refractivity contribution in [1.82, 2.24) is 40.4 Å². The van der Waals surface area contributed by atoms with Crippen LogP contribution < -0.4 is 10.6 Å². The van der Waals surface area contributed by atoms with Gasteiger partial charge in [0.1, 0.15) is 22.7 Å². The number of nitrogens with zero attached hydrogens (tertiary/aromatic N) is 4. The van der Waals surface area contributed by atoms with Gasteiger partial charge in [-0.15, -0.1) is 0 Å². The highest BCUT2D eigenvalue weighted by Crippen LogP contribution is 2.35. The third-order valence-corrected chi connectivity index (χ3v) is 9.66. The van der Waals surface area contributed by atoms with Crippen molar-refractivity contribution in [3.05, 3.63) is 72.6 Å². The first-order valence-corrected chi connectivity index (χ1v) is 17.1. The van der Waals surface area contributed by atoms with E-state index in [0.29, 0.717) is 24.7 Å². The van der Waals surface area contributed by atoms with E-state index in [1.54, 1.807) is 49.9 Å². The van der Waals surface area contributed by atoms with Gasteiger partial charge in [-0.2, -0.15) is 0 Å². The first-order chi connectivity index (χ1) is 24.3. The lowest BCUT2D eigenvalue weighted by Gasteiger charge is -2.32. The Hall–Kier alpha value is -5.66. The van der Waals surface area contributed by atoms with E-state index in [-0.39, 0.29) is 23.9 Å². The molecule has 2 aliphatic heterocycles. The van der Waals surface area contributed by atoms with Gasteiger partial charge in [-0.25, -0.2) is 19.6 Å². The Kier molecular flexibility index (Phi) is 9.60. The van der Waals surface area contributed by atoms with Crippen molar-refractivity contribution in [3.8, 4) is 33.6 Å². The zero-order valence-corrected chi connectivity index (χ0v) is 29.4. The Labute approximate surface area is 296 Å². The number of H-pyrrole nitrogens is 2. The molecule has 0 unspecified atom stereocenters. The molecule has 268 valence electrons. The summed E-state index contributed by atoms with van der Waals surface area (Å²) in [6.07, 6.45) is 4.80. The summed E-state index contributed by atoms with van der Waals surface area (Å²) in [4.78, 5) is 69.1. The number of rotatable bonds is 9. The fraction of sp³-hybridized carbons (Fsp3) is 0.405. The lowest BCUT2D eigenvalue weighted by molar-refractivity contribution is -0.138. The summed E-state index contributed by atoms with van der Waals surface area (Å²) in [5.41, 5.74) is 3.30. The van der Waals surface area contributed by atoms with E-state index in [2.05, 4.69) is 42.7 Å². The molecule has 5 N–H and O–H groups in total. The minimum Gasteiger partial charge on any atom is -0.465 e. The number of amides is 4. The second kappa shape index (κ2) is 13.9. The number of carboxylic acid groups (broad SMARTS) is 1. The van der Waals surface area contributed by atoms with Crippen LogP contribution in [-0.2, 0) is 14.3 Å². The third kappa shape index (κ3) is 7.30. The van der Waals surface area contributed by atoms with Gasteiger partial charge in [-0.1, -0.05) is 48.5 Å². The van der Waals surface area contributed by atoms with Crippen molar-refractivity contribution < 1.29 is 29.0 Å². The summed E-state index contributed by atoms with van der Waals surface area (Å²) in [5, 5.41) is 14.1. The molecule has 0 saturated carbocycles. The molecule has 0 spiro atoms. The van der Waals surface area contributed by atoms with E-state index >= 15 is 0 Å². The Morgan fingerprint density at radius 1 is 0.706 bits per heavy atom. The number of nitrogens with one attached hydrogen (secondary N) is 4. The number of benzene rings is 2. The molecule has 0 aliphatic carbocycles. The van der Waals surface area contributed by atoms with Crippen LogP contribution in [0.15, 0.2) is 60.9 Å². The molecule has 2 saturated heterocycles. The van der Waals surface area contributed by atoms with Gasteiger partial charge in [-0.3, -0.25) is 9.59 Å². The van der Waals surface area contributed by atoms with Crippen molar-refractivity contribution >= 4 is 24.0 Å². The lowest BCUT2D eigenvalue weighted by atomic mass is 10.0. The summed E-state index contributed by atoms with van der Waals surface area (Å²) in [7, 11) is 1.27. The molecule has 14 nitrogen and oxygen atoms in total. The van der Waals surface area contributed by atoms with E-state index in [0.717, 1.165) is 59.3 Å². The zero-order chi connectivity index (χ0) is 36.5. The second-order valence-corrected chi connectivity index (χ2v) is 14.1. The predicted molar refractivity (Wildman–Crippen MR) is 189 cm³/mol. The van der Waals surface area contributed by atoms with Crippen molar-refractivity contribution in [2.75, 3.05) is 20.2 Å². The molecule has 0 radical (unpaired) electrons. The average molecular weight is 697 g/mol. The topological polar surface area (TPSA) is 186 Å². The van der Waals surface area contributed by atoms with Crippen molar-refractivity contribution in [1.29, 1.82) is 0 Å². The highest BCUT2D eigenvalue weighted by Gasteiger charge is 2.42. The van der Waals surface area contributed by atoms with Gasteiger partial charge < -0.3 is 40.2 Å². The Balaban J connectivity index is 1.11. The molecule has 51 heavy (non-hydrogen) atoms. The average Bonchev–Trinajstić information content (AvgIpc) is 3.93. The number of methoxy groups -OCH3 is 1. The number of carbonyl (C=O) groups is 4. The zero-order valence-electron chi connectivity index (χ0n) is 29.4. The first kappa shape index (κ1) is 35.2. The Morgan fingerprint density at radius 2 is 1.10 bits per heavy atom. The molecule has 4 aromatic rings. The molecule has 14 heteroatoms. The van der Waals surface area contributed by atoms with Gasteiger partial charge in [-0.05, 0) is 75.6 Å². The largest absolute Gasteiger partial charge is 0.465 e. The van der Waals surface area contributed by atoms with Crippen LogP contribution in [0.1, 0.15) is 77.1 Å². The smallest absolute Gasteiger partial charge is 0.407 e. The van der Waals surface area contributed by atoms with Gasteiger partial charge in [0, 0.05) is 13.1 Å². The van der Waals surface area contributed by atoms with Gasteiger partial charge in [0.2, 0.25) is 11.8 Å². The minimum absolute atomic E-state index is 0.194. The van der Waals surface area contributed by atoms with E-state index in [9.17, 15) is 24.3 Å². The van der Waals surface area contributed by atoms with E-state index in [4.69, 9.17) is 4.74 Å². The van der Waals surface area contributed by atoms with Crippen molar-refractivity contribution in [2.24, 2.45) is 0 Å². The summed E-state index contributed by atoms with van der Waals surface area (Å²) < 4.78 is 4.70. The third-order valence-electron chi connectivity index (χ3n) is 9.66. The monoisotopic (exact) mass is 696 g/mol. The van der Waals surface area contributed by atoms with Crippen LogP contribution in [-0.4, -0.2) is 90.1 Å². The standard InChI is InChI=1S/C37H44N8O6/c1-36(2,42-34(48)49)32(46)44-18-6-8-28(44)30-38-20-26(40-30)24-14-10-22(11-15-24)23-12-16-25(17-13-23)27-21-39-31(41-27)29-9-7-19-45(29)33(47)37(3,4)43-35(50)51-5/h10-17,20-21,28-29,42H,6-9,18-19H2,1-5H3,(H,38,40)(H,39,41)(H,43,50)(H,48,49)/t28-,29-/m0/s1. The maximum Gasteiger partial charge on any atom is 0.407 e. The molecule has 4 amide bonds. The number of likely N-dealkylation sites (tertiary alicyclic amines) is 2. The molecule has 0 bridgehead atoms. The van der Waals surface area contributed by atoms with E-state index < -0.39 is 23.3 Å². The summed E-state index contributed by atoms with van der Waals surface area (Å²) >= 11 is 0. The van der Waals surface area contributed by atoms with Crippen molar-refractivity contribution in [2.45, 2.75) is 76.5 Å². The van der Waals surface area contributed by atoms with Crippen molar-refractivity contribution in [3.63, 3.8) is 0 Å². The quantitative estimate of drug-likeness (QED) is 0.149. The van der Waals surface area contributed by atoms with Crippen LogP contribution in [0.2, 0.25) is 0 Å². The van der Waals surface area contributed by atoms with Crippen LogP contribution in [0, 0.1) is 0 Å². The number of aromatic amines is 2. The Morgan fingerprint density at radius 3 is 1.49 bits per heavy atom. The molecule has 4 heterocycles. The van der Waals surface area contributed by atoms with Crippen LogP contribution in [0.3, 0.4) is 0 Å². The maximum absolute atomic E-state index is 13.4. The number of imidazole rings is 2. The van der Waals surface area contributed by atoms with Gasteiger partial charge in [0.25, 0.3) is 0 Å². The van der Waals surface area contributed by atoms with E-state index in [1.165, 1.54) is 7.11 Å². The van der Waals surface area contributed by atoms with Crippen LogP contribution in [0.25, 0.3) is 33.6 Å². The summed E-state index contributed by atoms with van der Waals surface area (Å²) in [6, 6.07) is 15.8. The summed E-state index contributed by atoms with van der Waals surface area (Å²) in [6.45, 7) is 7.59. The minimum atomic E-state index is -1.25. The van der Waals surface area contributed by atoms with Gasteiger partial charge in [0.05, 0.1) is 43.0 Å². The molecule has 2 fully saturated rings. The number of alkyl carbamates (subject to hydrolysis) is 1. The molecule has 2 aromatic carbocycles. The molecular weight excluding hydrogens is 652 g/mol. The number of hydrogen-bond donors (Lipinski definition) is 5. The van der Waals surface area contributed by atoms with Gasteiger partial charge in [0.15, 0.2) is 0 Å². The normalized spacial score (nSPS) is 17.7. The fourth-order valence-corrected chi connectivity index (χ4v) is 6.98. The number of ether oxygens (including phenoxy) is 1. The fourth-order valence-electron chi connectivity index (χ4n) is 6.98. The van der Waals surface area contributed by atoms with E-state index in [1.807, 2.05) is 36.4 Å². The number of hydrogen-bond acceptors (Lipinski definition) is 7. The molecular formula is C37H44N8O6. The highest BCUT2D eigenvalue weighted by atomic mass is 16.5. The molecule has 6 rings (SSSR count). The molecule has 2 aliphatic rings. The lowest BCUT2D eigenvalue weighted by Crippen LogP contribution is -2.55. The van der Waals surface area contributed by atoms with Crippen LogP contribution in [0.5, 0.6) is 0 Å². The molecule has 2 atom stereocenters. The predicted octanol–water partition coefficient (Wildman–Crippen LogP) is 5.64. The van der Waals surface area contributed by atoms with Crippen LogP contribution in [0.4, 0.5) is 9.59 Å². The Bertz CT molecular complexity index is 1910. The number of carbonyl (C=O) groups excluding carboxylic acids is 3. The number of aromatic nitrogens is 4. The second-order valence-electron chi connectivity index (χ2n) is 14.1. The van der Waals surface area contributed by atoms with Gasteiger partial charge >= 0.3 is 12.2 Å². The molecule has 2 aromatic heterocycles. The first-order valence-electron chi connectivity index (χ1n) is 17.1. The summed E-state index contributed by atoms with van der Waals surface area (Å²) in [5.74, 6) is 0.907. The highest BCUT2D eigenvalue weighted by molar-refractivity contribution is 5.90. The van der Waals surface area contributed by atoms with Crippen LogP contribution >= 0.6 is 0 Å².